The van der Waals surface area contributed by atoms with E-state index >= 15 is 0 Å². The van der Waals surface area contributed by atoms with E-state index in [0.29, 0.717) is 29.7 Å². The summed E-state index contributed by atoms with van der Waals surface area (Å²) in [5.41, 5.74) is 11.4. The molecule has 4 aromatic rings. The van der Waals surface area contributed by atoms with Crippen LogP contribution in [0.5, 0.6) is 5.75 Å². The van der Waals surface area contributed by atoms with Gasteiger partial charge in [-0.15, -0.1) is 0 Å². The minimum absolute atomic E-state index is 0.132. The van der Waals surface area contributed by atoms with E-state index in [4.69, 9.17) is 10.5 Å². The van der Waals surface area contributed by atoms with Crippen molar-refractivity contribution in [3.05, 3.63) is 114 Å². The van der Waals surface area contributed by atoms with Crippen LogP contribution in [0.4, 0.5) is 0 Å². The van der Waals surface area contributed by atoms with Gasteiger partial charge in [0.2, 0.25) is 0 Å². The summed E-state index contributed by atoms with van der Waals surface area (Å²) in [4.78, 5) is 27.9. The topological polar surface area (TPSA) is 85.2 Å². The van der Waals surface area contributed by atoms with Gasteiger partial charge in [0.15, 0.2) is 5.78 Å². The van der Waals surface area contributed by atoms with Crippen molar-refractivity contribution in [2.45, 2.75) is 12.8 Å². The van der Waals surface area contributed by atoms with Crippen LogP contribution in [0.25, 0.3) is 22.0 Å². The SMILES string of the molecule is C=C(Cc1ccc(OC)cc1)C(=O)C(=C)Cc1ccc(-c2c(C(N)=O)[nH]c3ccccc23)cc1. The maximum atomic E-state index is 12.8. The number of carbonyl (C=O) groups excluding carboxylic acids is 2. The summed E-state index contributed by atoms with van der Waals surface area (Å²) in [6, 6.07) is 23.0. The van der Waals surface area contributed by atoms with Crippen molar-refractivity contribution in [1.29, 1.82) is 0 Å². The lowest BCUT2D eigenvalue weighted by Gasteiger charge is -2.10. The van der Waals surface area contributed by atoms with Crippen LogP contribution in [0, 0.1) is 0 Å². The average Bonchev–Trinajstić information content (AvgIpc) is 3.24. The number of methoxy groups -OCH3 is 1. The zero-order valence-electron chi connectivity index (χ0n) is 19.1. The fraction of sp³-hybridized carbons (Fsp3) is 0.103. The van der Waals surface area contributed by atoms with E-state index in [0.717, 1.165) is 38.9 Å². The molecule has 0 aliphatic rings. The van der Waals surface area contributed by atoms with Gasteiger partial charge >= 0.3 is 0 Å². The number of H-pyrrole nitrogens is 1. The van der Waals surface area contributed by atoms with Crippen LogP contribution < -0.4 is 10.5 Å². The van der Waals surface area contributed by atoms with Crippen molar-refractivity contribution >= 4 is 22.6 Å². The molecule has 3 aromatic carbocycles. The molecule has 0 spiro atoms. The summed E-state index contributed by atoms with van der Waals surface area (Å²) in [5, 5.41) is 0.929. The largest absolute Gasteiger partial charge is 0.497 e. The van der Waals surface area contributed by atoms with Crippen LogP contribution >= 0.6 is 0 Å². The third kappa shape index (κ3) is 4.69. The number of allylic oxidation sites excluding steroid dienone is 2. The Kier molecular flexibility index (Phi) is 6.46. The number of carbonyl (C=O) groups is 2. The van der Waals surface area contributed by atoms with Crippen LogP contribution in [0.3, 0.4) is 0 Å². The average molecular weight is 451 g/mol. The standard InChI is InChI=1S/C29H26N2O3/c1-18(28(32)19(2)17-21-10-14-23(34-3)15-11-21)16-20-8-12-22(13-9-20)26-24-6-4-5-7-25(24)31-27(26)29(30)33/h4-15,31H,1-2,16-17H2,3H3,(H2,30,33). The Labute approximate surface area is 198 Å². The number of amides is 1. The van der Waals surface area contributed by atoms with Gasteiger partial charge in [-0.1, -0.05) is 67.8 Å². The van der Waals surface area contributed by atoms with Crippen molar-refractivity contribution in [1.82, 2.24) is 4.98 Å². The number of Topliss-reactive ketones (excluding diaryl/α,β-unsaturated/α-hetero) is 1. The summed E-state index contributed by atoms with van der Waals surface area (Å²) in [5.74, 6) is 0.126. The summed E-state index contributed by atoms with van der Waals surface area (Å²) in [6.07, 6.45) is 0.870. The van der Waals surface area contributed by atoms with Crippen molar-refractivity contribution in [2.75, 3.05) is 7.11 Å². The Morgan fingerprint density at radius 1 is 0.853 bits per heavy atom. The monoisotopic (exact) mass is 450 g/mol. The second-order valence-corrected chi connectivity index (χ2v) is 8.22. The number of ketones is 1. The summed E-state index contributed by atoms with van der Waals surface area (Å²) < 4.78 is 5.17. The van der Waals surface area contributed by atoms with Gasteiger partial charge in [-0.2, -0.15) is 0 Å². The molecule has 0 radical (unpaired) electrons. The number of nitrogens with one attached hydrogen (secondary N) is 1. The molecule has 0 atom stereocenters. The van der Waals surface area contributed by atoms with Gasteiger partial charge in [0.05, 0.1) is 7.11 Å². The van der Waals surface area contributed by atoms with Crippen LogP contribution in [0.1, 0.15) is 21.6 Å². The first-order chi connectivity index (χ1) is 16.4. The second kappa shape index (κ2) is 9.63. The lowest BCUT2D eigenvalue weighted by Crippen LogP contribution is -2.12. The maximum absolute atomic E-state index is 12.8. The van der Waals surface area contributed by atoms with Crippen molar-refractivity contribution < 1.29 is 14.3 Å². The minimum Gasteiger partial charge on any atom is -0.497 e. The highest BCUT2D eigenvalue weighted by molar-refractivity contribution is 6.09. The predicted molar refractivity (Wildman–Crippen MR) is 136 cm³/mol. The van der Waals surface area contributed by atoms with Crippen LogP contribution in [0.2, 0.25) is 0 Å². The Bertz CT molecular complexity index is 1390. The number of ether oxygens (including phenoxy) is 1. The van der Waals surface area contributed by atoms with Gasteiger partial charge in [0.1, 0.15) is 11.4 Å². The Hall–Kier alpha value is -4.38. The normalized spacial score (nSPS) is 10.7. The number of aromatic nitrogens is 1. The van der Waals surface area contributed by atoms with Crippen molar-refractivity contribution in [3.8, 4) is 16.9 Å². The summed E-state index contributed by atoms with van der Waals surface area (Å²) >= 11 is 0. The number of hydrogen-bond acceptors (Lipinski definition) is 3. The Morgan fingerprint density at radius 2 is 1.41 bits per heavy atom. The molecule has 170 valence electrons. The number of rotatable bonds is 9. The highest BCUT2D eigenvalue weighted by Crippen LogP contribution is 2.32. The Balaban J connectivity index is 1.47. The molecule has 1 amide bonds. The number of primary amides is 1. The molecule has 0 fully saturated rings. The summed E-state index contributed by atoms with van der Waals surface area (Å²) in [7, 11) is 1.62. The van der Waals surface area contributed by atoms with Gasteiger partial charge < -0.3 is 15.5 Å². The summed E-state index contributed by atoms with van der Waals surface area (Å²) in [6.45, 7) is 7.96. The highest BCUT2D eigenvalue weighted by atomic mass is 16.5. The minimum atomic E-state index is -0.510. The number of aromatic amines is 1. The first-order valence-corrected chi connectivity index (χ1v) is 10.9. The fourth-order valence-corrected chi connectivity index (χ4v) is 4.06. The first kappa shape index (κ1) is 22.8. The molecule has 4 rings (SSSR count). The van der Waals surface area contributed by atoms with Crippen LogP contribution in [0.15, 0.2) is 97.1 Å². The smallest absolute Gasteiger partial charge is 0.265 e. The van der Waals surface area contributed by atoms with E-state index in [2.05, 4.69) is 18.1 Å². The molecule has 0 unspecified atom stereocenters. The predicted octanol–water partition coefficient (Wildman–Crippen LogP) is 5.41. The molecule has 34 heavy (non-hydrogen) atoms. The molecule has 3 N–H and O–H groups in total. The molecular weight excluding hydrogens is 424 g/mol. The third-order valence-corrected chi connectivity index (χ3v) is 5.83. The maximum Gasteiger partial charge on any atom is 0.265 e. The van der Waals surface area contributed by atoms with Gasteiger partial charge in [-0.25, -0.2) is 0 Å². The molecule has 1 aromatic heterocycles. The van der Waals surface area contributed by atoms with Gasteiger partial charge in [0.25, 0.3) is 5.91 Å². The van der Waals surface area contributed by atoms with E-state index < -0.39 is 5.91 Å². The Morgan fingerprint density at radius 3 is 1.97 bits per heavy atom. The molecule has 5 nitrogen and oxygen atoms in total. The van der Waals surface area contributed by atoms with Gasteiger partial charge in [-0.05, 0) is 46.0 Å². The number of benzene rings is 3. The van der Waals surface area contributed by atoms with Crippen LogP contribution in [-0.4, -0.2) is 23.8 Å². The molecule has 1 heterocycles. The van der Waals surface area contributed by atoms with Crippen LogP contribution in [-0.2, 0) is 17.6 Å². The number of hydrogen-bond donors (Lipinski definition) is 2. The quantitative estimate of drug-likeness (QED) is 0.334. The van der Waals surface area contributed by atoms with Crippen molar-refractivity contribution in [3.63, 3.8) is 0 Å². The molecule has 0 saturated carbocycles. The van der Waals surface area contributed by atoms with E-state index in [1.165, 1.54) is 0 Å². The molecule has 0 aliphatic carbocycles. The number of nitrogens with two attached hydrogens (primary N) is 1. The molecule has 0 aliphatic heterocycles. The third-order valence-electron chi connectivity index (χ3n) is 5.83. The molecule has 0 saturated heterocycles. The van der Waals surface area contributed by atoms with E-state index in [1.54, 1.807) is 7.11 Å². The van der Waals surface area contributed by atoms with Gasteiger partial charge in [0, 0.05) is 29.3 Å². The lowest BCUT2D eigenvalue weighted by molar-refractivity contribution is -0.112. The molecule has 5 heteroatoms. The molecule has 0 bridgehead atoms. The molecular formula is C29H26N2O3. The zero-order valence-corrected chi connectivity index (χ0v) is 19.1. The van der Waals surface area contributed by atoms with Crippen molar-refractivity contribution in [2.24, 2.45) is 5.73 Å². The van der Waals surface area contributed by atoms with E-state index in [-0.39, 0.29) is 5.78 Å². The highest BCUT2D eigenvalue weighted by Gasteiger charge is 2.17. The lowest BCUT2D eigenvalue weighted by atomic mass is 9.94. The van der Waals surface area contributed by atoms with Gasteiger partial charge in [-0.3, -0.25) is 9.59 Å². The fourth-order valence-electron chi connectivity index (χ4n) is 4.06. The van der Waals surface area contributed by atoms with E-state index in [9.17, 15) is 9.59 Å². The second-order valence-electron chi connectivity index (χ2n) is 8.22. The first-order valence-electron chi connectivity index (χ1n) is 10.9. The number of fused-ring (bicyclic) bond motifs is 1. The number of para-hydroxylation sites is 1. The zero-order chi connectivity index (χ0) is 24.2. The van der Waals surface area contributed by atoms with E-state index in [1.807, 2.05) is 72.8 Å².